The second-order valence-electron chi connectivity index (χ2n) is 5.88. The van der Waals surface area contributed by atoms with Crippen LogP contribution in [0.2, 0.25) is 0 Å². The van der Waals surface area contributed by atoms with Gasteiger partial charge in [0, 0.05) is 13.1 Å². The third kappa shape index (κ3) is 2.77. The number of nitrogens with zero attached hydrogens (tertiary/aromatic N) is 1. The number of likely N-dealkylation sites (tertiary alicyclic amines) is 1. The number of hydrogen-bond acceptors (Lipinski definition) is 3. The van der Waals surface area contributed by atoms with E-state index in [0.29, 0.717) is 6.54 Å². The second-order valence-corrected chi connectivity index (χ2v) is 5.88. The van der Waals surface area contributed by atoms with Crippen LogP contribution in [0.4, 0.5) is 0 Å². The predicted molar refractivity (Wildman–Crippen MR) is 75.6 cm³/mol. The summed E-state index contributed by atoms with van der Waals surface area (Å²) in [5.74, 6) is 1.01. The van der Waals surface area contributed by atoms with E-state index in [2.05, 4.69) is 23.1 Å². The van der Waals surface area contributed by atoms with E-state index < -0.39 is 0 Å². The molecule has 3 heteroatoms. The van der Waals surface area contributed by atoms with Crippen molar-refractivity contribution in [2.45, 2.75) is 44.3 Å². The van der Waals surface area contributed by atoms with Gasteiger partial charge < -0.3 is 14.7 Å². The summed E-state index contributed by atoms with van der Waals surface area (Å²) in [5.41, 5.74) is 2.81. The molecular weight excluding hydrogens is 238 g/mol. The van der Waals surface area contributed by atoms with Gasteiger partial charge in [0.1, 0.15) is 18.0 Å². The lowest BCUT2D eigenvalue weighted by Crippen LogP contribution is -2.47. The number of rotatable bonds is 2. The number of aliphatic hydroxyl groups excluding tert-OH is 1. The summed E-state index contributed by atoms with van der Waals surface area (Å²) in [4.78, 5) is 2.16. The van der Waals surface area contributed by atoms with Crippen LogP contribution in [0.25, 0.3) is 0 Å². The molecule has 2 atom stereocenters. The van der Waals surface area contributed by atoms with Crippen LogP contribution in [-0.4, -0.2) is 42.4 Å². The monoisotopic (exact) mass is 261 g/mol. The molecule has 2 aliphatic rings. The highest BCUT2D eigenvalue weighted by Crippen LogP contribution is 2.31. The maximum absolute atomic E-state index is 10.1. The van der Waals surface area contributed by atoms with Crippen molar-refractivity contribution < 1.29 is 9.84 Å². The minimum Gasteiger partial charge on any atom is -0.487 e. The molecule has 0 bridgehead atoms. The molecule has 3 nitrogen and oxygen atoms in total. The zero-order valence-electron chi connectivity index (χ0n) is 11.6. The largest absolute Gasteiger partial charge is 0.487 e. The van der Waals surface area contributed by atoms with E-state index in [1.165, 1.54) is 30.4 Å². The molecule has 0 aromatic heterocycles. The van der Waals surface area contributed by atoms with E-state index in [9.17, 15) is 5.11 Å². The Hall–Kier alpha value is -1.06. The molecule has 1 heterocycles. The normalized spacial score (nSPS) is 27.9. The summed E-state index contributed by atoms with van der Waals surface area (Å²) in [7, 11) is 2.05. The number of aryl methyl sites for hydroxylation is 1. The minimum absolute atomic E-state index is 0.0513. The Morgan fingerprint density at radius 1 is 1.26 bits per heavy atom. The molecule has 1 aliphatic carbocycles. The minimum atomic E-state index is -0.377. The average Bonchev–Trinajstić information content (AvgIpc) is 2.42. The molecule has 0 amide bonds. The van der Waals surface area contributed by atoms with Crippen LogP contribution in [-0.2, 0) is 12.8 Å². The van der Waals surface area contributed by atoms with Gasteiger partial charge in [0.05, 0.1) is 0 Å². The van der Waals surface area contributed by atoms with Crippen molar-refractivity contribution in [3.63, 3.8) is 0 Å². The number of likely N-dealkylation sites (N-methyl/N-ethyl adjacent to an activating group) is 1. The lowest BCUT2D eigenvalue weighted by Gasteiger charge is -2.34. The van der Waals surface area contributed by atoms with Crippen LogP contribution < -0.4 is 4.74 Å². The first-order valence-corrected chi connectivity index (χ1v) is 7.38. The summed E-state index contributed by atoms with van der Waals surface area (Å²) in [6, 6.07) is 6.36. The number of hydrogen-bond donors (Lipinski definition) is 1. The molecule has 1 fully saturated rings. The third-order valence-corrected chi connectivity index (χ3v) is 4.35. The second kappa shape index (κ2) is 5.51. The Kier molecular flexibility index (Phi) is 3.76. The smallest absolute Gasteiger partial charge is 0.127 e. The maximum Gasteiger partial charge on any atom is 0.127 e. The molecule has 3 rings (SSSR count). The number of aliphatic hydroxyl groups is 1. The molecule has 1 saturated heterocycles. The van der Waals surface area contributed by atoms with Crippen LogP contribution >= 0.6 is 0 Å². The summed E-state index contributed by atoms with van der Waals surface area (Å²) in [5, 5.41) is 10.1. The Morgan fingerprint density at radius 2 is 2.11 bits per heavy atom. The first-order chi connectivity index (χ1) is 9.24. The van der Waals surface area contributed by atoms with Crippen LogP contribution in [0, 0.1) is 0 Å². The molecule has 0 radical (unpaired) electrons. The van der Waals surface area contributed by atoms with E-state index in [-0.39, 0.29) is 12.2 Å². The highest BCUT2D eigenvalue weighted by atomic mass is 16.5. The average molecular weight is 261 g/mol. The molecular formula is C16H23NO2. The van der Waals surface area contributed by atoms with E-state index in [1.807, 2.05) is 7.05 Å². The fourth-order valence-electron chi connectivity index (χ4n) is 3.23. The van der Waals surface area contributed by atoms with Crippen molar-refractivity contribution in [3.05, 3.63) is 29.3 Å². The van der Waals surface area contributed by atoms with E-state index in [4.69, 9.17) is 4.74 Å². The summed E-state index contributed by atoms with van der Waals surface area (Å²) in [6.45, 7) is 1.70. The van der Waals surface area contributed by atoms with Crippen molar-refractivity contribution >= 4 is 0 Å². The lowest BCUT2D eigenvalue weighted by molar-refractivity contribution is -0.0186. The van der Waals surface area contributed by atoms with Crippen LogP contribution in [0.3, 0.4) is 0 Å². The highest BCUT2D eigenvalue weighted by molar-refractivity contribution is 5.41. The summed E-state index contributed by atoms with van der Waals surface area (Å²) >= 11 is 0. The quantitative estimate of drug-likeness (QED) is 0.884. The summed E-state index contributed by atoms with van der Waals surface area (Å²) in [6.07, 6.45) is 5.30. The fourth-order valence-corrected chi connectivity index (χ4v) is 3.23. The van der Waals surface area contributed by atoms with Crippen LogP contribution in [0.15, 0.2) is 18.2 Å². The Labute approximate surface area is 115 Å². The number of β-amino-alcohol motifs (C(OH)–C–C–N with tert-alkyl or cyclic N) is 1. The van der Waals surface area contributed by atoms with Gasteiger partial charge in [-0.1, -0.05) is 12.1 Å². The number of fused-ring (bicyclic) bond motifs is 1. The molecule has 0 spiro atoms. The SMILES string of the molecule is CN1CCC(Oc2cccc3c2CCCC3)C(O)C1. The van der Waals surface area contributed by atoms with Crippen molar-refractivity contribution in [1.29, 1.82) is 0 Å². The first-order valence-electron chi connectivity index (χ1n) is 7.38. The van der Waals surface area contributed by atoms with Gasteiger partial charge in [0.25, 0.3) is 0 Å². The van der Waals surface area contributed by atoms with Crippen molar-refractivity contribution in [2.24, 2.45) is 0 Å². The standard InChI is InChI=1S/C16H23NO2/c1-17-10-9-16(14(18)11-17)19-15-8-4-6-12-5-2-3-7-13(12)15/h4,6,8,14,16,18H,2-3,5,7,9-11H2,1H3. The van der Waals surface area contributed by atoms with Gasteiger partial charge in [-0.05, 0) is 56.3 Å². The van der Waals surface area contributed by atoms with Crippen molar-refractivity contribution in [2.75, 3.05) is 20.1 Å². The third-order valence-electron chi connectivity index (χ3n) is 4.35. The van der Waals surface area contributed by atoms with Crippen LogP contribution in [0.1, 0.15) is 30.4 Å². The topological polar surface area (TPSA) is 32.7 Å². The Balaban J connectivity index is 1.76. The number of ether oxygens (including phenoxy) is 1. The molecule has 2 unspecified atom stereocenters. The molecule has 19 heavy (non-hydrogen) atoms. The lowest BCUT2D eigenvalue weighted by atomic mass is 9.91. The summed E-state index contributed by atoms with van der Waals surface area (Å²) < 4.78 is 6.14. The molecule has 104 valence electrons. The van der Waals surface area contributed by atoms with E-state index >= 15 is 0 Å². The van der Waals surface area contributed by atoms with Gasteiger partial charge in [-0.15, -0.1) is 0 Å². The zero-order valence-corrected chi connectivity index (χ0v) is 11.6. The van der Waals surface area contributed by atoms with Gasteiger partial charge in [0.15, 0.2) is 0 Å². The molecule has 0 saturated carbocycles. The van der Waals surface area contributed by atoms with Crippen LogP contribution in [0.5, 0.6) is 5.75 Å². The van der Waals surface area contributed by atoms with E-state index in [1.54, 1.807) is 0 Å². The van der Waals surface area contributed by atoms with Gasteiger partial charge in [-0.3, -0.25) is 0 Å². The molecule has 1 aromatic rings. The van der Waals surface area contributed by atoms with E-state index in [0.717, 1.165) is 25.1 Å². The zero-order chi connectivity index (χ0) is 13.2. The fraction of sp³-hybridized carbons (Fsp3) is 0.625. The van der Waals surface area contributed by atoms with Gasteiger partial charge in [0.2, 0.25) is 0 Å². The predicted octanol–water partition coefficient (Wildman–Crippen LogP) is 2.01. The van der Waals surface area contributed by atoms with Gasteiger partial charge in [-0.2, -0.15) is 0 Å². The number of piperidine rings is 1. The Bertz CT molecular complexity index is 446. The maximum atomic E-state index is 10.1. The van der Waals surface area contributed by atoms with Crippen molar-refractivity contribution in [1.82, 2.24) is 4.90 Å². The highest BCUT2D eigenvalue weighted by Gasteiger charge is 2.28. The molecule has 1 N–H and O–H groups in total. The molecule has 1 aromatic carbocycles. The molecule has 1 aliphatic heterocycles. The van der Waals surface area contributed by atoms with Crippen molar-refractivity contribution in [3.8, 4) is 5.75 Å². The van der Waals surface area contributed by atoms with Gasteiger partial charge >= 0.3 is 0 Å². The number of benzene rings is 1. The first kappa shape index (κ1) is 12.9. The van der Waals surface area contributed by atoms with Gasteiger partial charge in [-0.25, -0.2) is 0 Å². The Morgan fingerprint density at radius 3 is 2.95 bits per heavy atom.